The van der Waals surface area contributed by atoms with Gasteiger partial charge in [0.25, 0.3) is 0 Å². The maximum Gasteiger partial charge on any atom is 0.232 e. The van der Waals surface area contributed by atoms with Gasteiger partial charge in [-0.25, -0.2) is 0 Å². The lowest BCUT2D eigenvalue weighted by Crippen LogP contribution is -1.95. The Morgan fingerprint density at radius 3 is 2.50 bits per heavy atom. The highest BCUT2D eigenvalue weighted by Gasteiger charge is 2.19. The van der Waals surface area contributed by atoms with Crippen molar-refractivity contribution in [1.82, 2.24) is 0 Å². The summed E-state index contributed by atoms with van der Waals surface area (Å²) in [6.45, 7) is 2.68. The molecule has 0 fully saturated rings. The molecule has 0 amide bonds. The lowest BCUT2D eigenvalue weighted by molar-refractivity contribution is 0.175. The molecule has 2 heterocycles. The van der Waals surface area contributed by atoms with Crippen molar-refractivity contribution in [2.24, 2.45) is 0 Å². The molecule has 0 saturated heterocycles. The lowest BCUT2D eigenvalue weighted by Gasteiger charge is -2.02. The average molecular weight is 268 g/mol. The van der Waals surface area contributed by atoms with Crippen LogP contribution in [0.5, 0.6) is 10.8 Å². The Hall–Kier alpha value is -0.700. The van der Waals surface area contributed by atoms with Gasteiger partial charge < -0.3 is 9.47 Å². The topological polar surface area (TPSA) is 18.5 Å². The first kappa shape index (κ1) is 13.7. The van der Waals surface area contributed by atoms with Gasteiger partial charge in [0.05, 0.1) is 0 Å². The molecule has 1 aliphatic heterocycles. The summed E-state index contributed by atoms with van der Waals surface area (Å²) >= 11 is 1.67. The molecule has 0 N–H and O–H groups in total. The van der Waals surface area contributed by atoms with Crippen molar-refractivity contribution in [3.05, 3.63) is 10.9 Å². The van der Waals surface area contributed by atoms with Crippen molar-refractivity contribution in [3.63, 3.8) is 0 Å². The number of unbranched alkanes of at least 4 members (excludes halogenated alkanes) is 7. The summed E-state index contributed by atoms with van der Waals surface area (Å²) in [7, 11) is 0. The van der Waals surface area contributed by atoms with Crippen LogP contribution in [-0.2, 0) is 6.42 Å². The van der Waals surface area contributed by atoms with Gasteiger partial charge in [-0.2, -0.15) is 0 Å². The van der Waals surface area contributed by atoms with Crippen LogP contribution < -0.4 is 9.47 Å². The molecule has 0 radical (unpaired) electrons. The van der Waals surface area contributed by atoms with Crippen LogP contribution in [0.2, 0.25) is 0 Å². The Morgan fingerprint density at radius 2 is 1.72 bits per heavy atom. The molecule has 0 spiro atoms. The third-order valence-electron chi connectivity index (χ3n) is 3.48. The van der Waals surface area contributed by atoms with Gasteiger partial charge in [-0.15, -0.1) is 11.3 Å². The zero-order valence-corrected chi connectivity index (χ0v) is 12.2. The van der Waals surface area contributed by atoms with Crippen molar-refractivity contribution >= 4 is 11.3 Å². The molecule has 0 atom stereocenters. The summed E-state index contributed by atoms with van der Waals surface area (Å²) in [4.78, 5) is 0. The molecule has 18 heavy (non-hydrogen) atoms. The Labute approximate surface area is 114 Å². The number of aryl methyl sites for hydroxylation is 1. The number of rotatable bonds is 9. The van der Waals surface area contributed by atoms with E-state index >= 15 is 0 Å². The number of hydrogen-bond donors (Lipinski definition) is 0. The smallest absolute Gasteiger partial charge is 0.232 e. The molecular formula is C15H24O2S. The van der Waals surface area contributed by atoms with Crippen LogP contribution in [0.25, 0.3) is 0 Å². The van der Waals surface area contributed by atoms with E-state index in [1.54, 1.807) is 11.3 Å². The van der Waals surface area contributed by atoms with Crippen molar-refractivity contribution in [3.8, 4) is 10.8 Å². The van der Waals surface area contributed by atoms with E-state index in [1.165, 1.54) is 56.9 Å². The molecule has 1 aliphatic rings. The minimum absolute atomic E-state index is 0.409. The number of fused-ring (bicyclic) bond motifs is 1. The highest BCUT2D eigenvalue weighted by atomic mass is 32.1. The van der Waals surface area contributed by atoms with Crippen LogP contribution in [0, 0.1) is 0 Å². The van der Waals surface area contributed by atoms with E-state index in [0.29, 0.717) is 6.79 Å². The van der Waals surface area contributed by atoms with E-state index in [4.69, 9.17) is 9.47 Å². The summed E-state index contributed by atoms with van der Waals surface area (Å²) < 4.78 is 10.8. The molecule has 0 bridgehead atoms. The molecule has 1 aromatic heterocycles. The predicted octanol–water partition coefficient (Wildman–Crippen LogP) is 5.16. The van der Waals surface area contributed by atoms with Gasteiger partial charge >= 0.3 is 0 Å². The second-order valence-electron chi connectivity index (χ2n) is 5.01. The number of ether oxygens (including phenoxy) is 2. The first-order chi connectivity index (χ1) is 8.92. The zero-order valence-electron chi connectivity index (χ0n) is 11.4. The van der Waals surface area contributed by atoms with E-state index in [0.717, 1.165) is 17.2 Å². The summed E-state index contributed by atoms with van der Waals surface area (Å²) in [5.41, 5.74) is 1.35. The minimum Gasteiger partial charge on any atom is -0.452 e. The van der Waals surface area contributed by atoms with E-state index in [1.807, 2.05) is 0 Å². The maximum atomic E-state index is 5.48. The highest BCUT2D eigenvalue weighted by Crippen LogP contribution is 2.42. The van der Waals surface area contributed by atoms with Crippen LogP contribution in [0.4, 0.5) is 0 Å². The molecule has 2 nitrogen and oxygen atoms in total. The van der Waals surface area contributed by atoms with Gasteiger partial charge in [-0.05, 0) is 12.8 Å². The minimum atomic E-state index is 0.409. The molecule has 0 unspecified atom stereocenters. The summed E-state index contributed by atoms with van der Waals surface area (Å²) in [5.74, 6) is 1.02. The summed E-state index contributed by atoms with van der Waals surface area (Å²) in [6, 6.07) is 0. The van der Waals surface area contributed by atoms with Crippen molar-refractivity contribution in [2.75, 3.05) is 6.79 Å². The average Bonchev–Trinajstić information content (AvgIpc) is 2.96. The Kier molecular flexibility index (Phi) is 5.85. The van der Waals surface area contributed by atoms with E-state index < -0.39 is 0 Å². The predicted molar refractivity (Wildman–Crippen MR) is 76.8 cm³/mol. The molecule has 3 heteroatoms. The lowest BCUT2D eigenvalue weighted by atomic mass is 10.1. The first-order valence-electron chi connectivity index (χ1n) is 7.27. The Morgan fingerprint density at radius 1 is 1.00 bits per heavy atom. The van der Waals surface area contributed by atoms with Crippen LogP contribution in [-0.4, -0.2) is 6.79 Å². The second kappa shape index (κ2) is 7.67. The molecule has 102 valence electrons. The van der Waals surface area contributed by atoms with Gasteiger partial charge in [0, 0.05) is 10.9 Å². The van der Waals surface area contributed by atoms with Crippen LogP contribution >= 0.6 is 11.3 Å². The fourth-order valence-electron chi connectivity index (χ4n) is 2.38. The monoisotopic (exact) mass is 268 g/mol. The quantitative estimate of drug-likeness (QED) is 0.576. The summed E-state index contributed by atoms with van der Waals surface area (Å²) in [5, 5.41) is 3.16. The van der Waals surface area contributed by atoms with Gasteiger partial charge in [0.15, 0.2) is 5.75 Å². The van der Waals surface area contributed by atoms with Gasteiger partial charge in [0.1, 0.15) is 0 Å². The summed E-state index contributed by atoms with van der Waals surface area (Å²) in [6.07, 6.45) is 12.1. The van der Waals surface area contributed by atoms with Gasteiger partial charge in [-0.1, -0.05) is 51.9 Å². The Bertz CT molecular complexity index is 346. The van der Waals surface area contributed by atoms with E-state index in [9.17, 15) is 0 Å². The first-order valence-corrected chi connectivity index (χ1v) is 8.15. The van der Waals surface area contributed by atoms with Crippen LogP contribution in [0.1, 0.15) is 63.9 Å². The molecule has 0 saturated carbocycles. The van der Waals surface area contributed by atoms with E-state index in [-0.39, 0.29) is 0 Å². The van der Waals surface area contributed by atoms with Crippen LogP contribution in [0.3, 0.4) is 0 Å². The Balaban J connectivity index is 1.53. The fraction of sp³-hybridized carbons (Fsp3) is 0.733. The van der Waals surface area contributed by atoms with Crippen LogP contribution in [0.15, 0.2) is 5.38 Å². The van der Waals surface area contributed by atoms with Crippen molar-refractivity contribution in [2.45, 2.75) is 64.7 Å². The van der Waals surface area contributed by atoms with E-state index in [2.05, 4.69) is 12.3 Å². The van der Waals surface area contributed by atoms with Gasteiger partial charge in [-0.3, -0.25) is 0 Å². The third-order valence-corrected chi connectivity index (χ3v) is 4.40. The number of thiophene rings is 1. The fourth-order valence-corrected chi connectivity index (χ4v) is 3.27. The van der Waals surface area contributed by atoms with Crippen molar-refractivity contribution < 1.29 is 9.47 Å². The molecular weight excluding hydrogens is 244 g/mol. The van der Waals surface area contributed by atoms with Crippen molar-refractivity contribution in [1.29, 1.82) is 0 Å². The zero-order chi connectivity index (χ0) is 12.6. The second-order valence-corrected chi connectivity index (χ2v) is 5.85. The molecule has 0 aromatic carbocycles. The van der Waals surface area contributed by atoms with Gasteiger partial charge in [0.2, 0.25) is 11.9 Å². The SMILES string of the molecule is CCCCCCCCCCc1csc2c1OCO2. The molecule has 1 aromatic rings. The highest BCUT2D eigenvalue weighted by molar-refractivity contribution is 7.12. The molecule has 0 aliphatic carbocycles. The normalized spacial score (nSPS) is 13.2. The largest absolute Gasteiger partial charge is 0.452 e. The standard InChI is InChI=1S/C15H24O2S/c1-2-3-4-5-6-7-8-9-10-13-11-18-15-14(13)16-12-17-15/h11H,2-10,12H2,1H3. The third kappa shape index (κ3) is 3.91. The molecule has 2 rings (SSSR count). The number of hydrogen-bond acceptors (Lipinski definition) is 3. The maximum absolute atomic E-state index is 5.48.